The molecule has 110 valence electrons. The van der Waals surface area contributed by atoms with Gasteiger partial charge in [-0.25, -0.2) is 4.79 Å². The first-order valence-corrected chi connectivity index (χ1v) is 6.85. The maximum absolute atomic E-state index is 12.3. The molecule has 22 heavy (non-hydrogen) atoms. The van der Waals surface area contributed by atoms with Gasteiger partial charge in [0.25, 0.3) is 0 Å². The van der Waals surface area contributed by atoms with E-state index in [1.807, 2.05) is 19.9 Å². The van der Waals surface area contributed by atoms with E-state index in [-0.39, 0.29) is 11.0 Å². The van der Waals surface area contributed by atoms with Crippen LogP contribution in [0.1, 0.15) is 21.5 Å². The first kappa shape index (κ1) is 14.1. The molecule has 1 N–H and O–H groups in total. The zero-order chi connectivity index (χ0) is 15.9. The van der Waals surface area contributed by atoms with Gasteiger partial charge >= 0.3 is 5.97 Å². The van der Waals surface area contributed by atoms with E-state index in [0.29, 0.717) is 22.3 Å². The molecule has 1 heterocycles. The molecule has 1 aromatic heterocycles. The van der Waals surface area contributed by atoms with Gasteiger partial charge in [0.05, 0.1) is 10.9 Å². The van der Waals surface area contributed by atoms with E-state index < -0.39 is 5.97 Å². The highest BCUT2D eigenvalue weighted by atomic mass is 16.4. The Morgan fingerprint density at radius 2 is 1.73 bits per heavy atom. The molecule has 0 aliphatic heterocycles. The highest BCUT2D eigenvalue weighted by Crippen LogP contribution is 2.25. The van der Waals surface area contributed by atoms with Crippen molar-refractivity contribution in [3.63, 3.8) is 0 Å². The summed E-state index contributed by atoms with van der Waals surface area (Å²) in [7, 11) is 0. The van der Waals surface area contributed by atoms with Gasteiger partial charge in [-0.05, 0) is 43.2 Å². The lowest BCUT2D eigenvalue weighted by Crippen LogP contribution is -2.02. The number of carboxylic acids is 1. The van der Waals surface area contributed by atoms with Gasteiger partial charge in [0.1, 0.15) is 11.3 Å². The zero-order valence-electron chi connectivity index (χ0n) is 12.2. The second-order valence-corrected chi connectivity index (χ2v) is 5.24. The van der Waals surface area contributed by atoms with Crippen LogP contribution in [0.5, 0.6) is 0 Å². The molecular weight excluding hydrogens is 280 g/mol. The van der Waals surface area contributed by atoms with Crippen molar-refractivity contribution in [3.8, 4) is 11.3 Å². The molecule has 0 saturated heterocycles. The van der Waals surface area contributed by atoms with Crippen molar-refractivity contribution in [2.24, 2.45) is 0 Å². The average molecular weight is 294 g/mol. The molecule has 0 atom stereocenters. The maximum atomic E-state index is 12.3. The predicted octanol–water partition coefficient (Wildman–Crippen LogP) is 3.78. The predicted molar refractivity (Wildman–Crippen MR) is 84.4 cm³/mol. The Balaban J connectivity index is 2.21. The number of hydrogen-bond acceptors (Lipinski definition) is 3. The lowest BCUT2D eigenvalue weighted by Gasteiger charge is -2.07. The molecule has 3 rings (SSSR count). The minimum absolute atomic E-state index is 0.110. The van der Waals surface area contributed by atoms with Crippen LogP contribution in [-0.4, -0.2) is 11.1 Å². The molecule has 0 aliphatic carbocycles. The van der Waals surface area contributed by atoms with Crippen LogP contribution in [0.15, 0.2) is 51.7 Å². The van der Waals surface area contributed by atoms with E-state index in [0.717, 1.165) is 11.1 Å². The Kier molecular flexibility index (Phi) is 3.29. The Labute approximate surface area is 126 Å². The van der Waals surface area contributed by atoms with E-state index in [9.17, 15) is 9.59 Å². The zero-order valence-corrected chi connectivity index (χ0v) is 12.2. The van der Waals surface area contributed by atoms with Gasteiger partial charge in [0.2, 0.25) is 0 Å². The number of benzene rings is 2. The number of fused-ring (bicyclic) bond motifs is 1. The van der Waals surface area contributed by atoms with Crippen LogP contribution < -0.4 is 5.43 Å². The van der Waals surface area contributed by atoms with Gasteiger partial charge in [-0.3, -0.25) is 4.79 Å². The first-order valence-electron chi connectivity index (χ1n) is 6.85. The van der Waals surface area contributed by atoms with Crippen molar-refractivity contribution in [2.75, 3.05) is 0 Å². The smallest absolute Gasteiger partial charge is 0.335 e. The number of carbonyl (C=O) groups is 1. The topological polar surface area (TPSA) is 67.5 Å². The van der Waals surface area contributed by atoms with Crippen molar-refractivity contribution >= 4 is 16.9 Å². The van der Waals surface area contributed by atoms with Crippen molar-refractivity contribution in [1.82, 2.24) is 0 Å². The molecule has 0 saturated carbocycles. The molecule has 4 nitrogen and oxygen atoms in total. The summed E-state index contributed by atoms with van der Waals surface area (Å²) in [6.07, 6.45) is 0. The highest BCUT2D eigenvalue weighted by Gasteiger charge is 2.11. The summed E-state index contributed by atoms with van der Waals surface area (Å²) in [5, 5.41) is 9.48. The molecule has 3 aromatic rings. The molecule has 0 amide bonds. The second kappa shape index (κ2) is 5.15. The van der Waals surface area contributed by atoms with Crippen molar-refractivity contribution in [1.29, 1.82) is 0 Å². The van der Waals surface area contributed by atoms with E-state index in [1.165, 1.54) is 18.2 Å². The summed E-state index contributed by atoms with van der Waals surface area (Å²) in [5.74, 6) is -0.555. The Morgan fingerprint density at radius 1 is 1.05 bits per heavy atom. The molecule has 0 fully saturated rings. The minimum Gasteiger partial charge on any atom is -0.478 e. The third kappa shape index (κ3) is 2.29. The maximum Gasteiger partial charge on any atom is 0.335 e. The van der Waals surface area contributed by atoms with Gasteiger partial charge in [0, 0.05) is 11.6 Å². The number of aryl methyl sites for hydroxylation is 2. The second-order valence-electron chi connectivity index (χ2n) is 5.24. The molecule has 2 aromatic carbocycles. The largest absolute Gasteiger partial charge is 0.478 e. The van der Waals surface area contributed by atoms with E-state index in [4.69, 9.17) is 9.52 Å². The Bertz CT molecular complexity index is 934. The Morgan fingerprint density at radius 3 is 2.36 bits per heavy atom. The molecule has 0 aliphatic rings. The van der Waals surface area contributed by atoms with Gasteiger partial charge in [0.15, 0.2) is 5.43 Å². The molecule has 0 bridgehead atoms. The standard InChI is InChI=1S/C18H14O4/c1-10-3-8-14-15(19)9-16(22-17(14)11(10)2)12-4-6-13(7-5-12)18(20)21/h3-9H,1-2H3,(H,20,21). The normalized spacial score (nSPS) is 10.8. The molecule has 0 radical (unpaired) electrons. The van der Waals surface area contributed by atoms with Crippen molar-refractivity contribution in [3.05, 3.63) is 69.4 Å². The summed E-state index contributed by atoms with van der Waals surface area (Å²) < 4.78 is 5.89. The fourth-order valence-corrected chi connectivity index (χ4v) is 2.37. The summed E-state index contributed by atoms with van der Waals surface area (Å²) in [5.41, 5.74) is 3.31. The third-order valence-electron chi connectivity index (χ3n) is 3.83. The number of aromatic carboxylic acids is 1. The van der Waals surface area contributed by atoms with Crippen LogP contribution in [-0.2, 0) is 0 Å². The van der Waals surface area contributed by atoms with Crippen LogP contribution >= 0.6 is 0 Å². The molecule has 0 spiro atoms. The van der Waals surface area contributed by atoms with Crippen LogP contribution in [0.25, 0.3) is 22.3 Å². The van der Waals surface area contributed by atoms with E-state index >= 15 is 0 Å². The van der Waals surface area contributed by atoms with E-state index in [2.05, 4.69) is 0 Å². The van der Waals surface area contributed by atoms with Gasteiger partial charge < -0.3 is 9.52 Å². The molecular formula is C18H14O4. The quantitative estimate of drug-likeness (QED) is 0.781. The SMILES string of the molecule is Cc1ccc2c(=O)cc(-c3ccc(C(=O)O)cc3)oc2c1C. The number of rotatable bonds is 2. The Hall–Kier alpha value is -2.88. The summed E-state index contributed by atoms with van der Waals surface area (Å²) in [6.45, 7) is 3.88. The van der Waals surface area contributed by atoms with Crippen LogP contribution in [0, 0.1) is 13.8 Å². The van der Waals surface area contributed by atoms with Crippen molar-refractivity contribution < 1.29 is 14.3 Å². The minimum atomic E-state index is -0.988. The summed E-state index contributed by atoms with van der Waals surface area (Å²) in [6, 6.07) is 11.4. The number of hydrogen-bond donors (Lipinski definition) is 1. The fourth-order valence-electron chi connectivity index (χ4n) is 2.37. The summed E-state index contributed by atoms with van der Waals surface area (Å²) >= 11 is 0. The highest BCUT2D eigenvalue weighted by molar-refractivity contribution is 5.88. The summed E-state index contributed by atoms with van der Waals surface area (Å²) in [4.78, 5) is 23.1. The first-order chi connectivity index (χ1) is 10.5. The fraction of sp³-hybridized carbons (Fsp3) is 0.111. The van der Waals surface area contributed by atoms with Crippen LogP contribution in [0.2, 0.25) is 0 Å². The van der Waals surface area contributed by atoms with Crippen LogP contribution in [0.4, 0.5) is 0 Å². The lowest BCUT2D eigenvalue weighted by molar-refractivity contribution is 0.0697. The van der Waals surface area contributed by atoms with Crippen molar-refractivity contribution in [2.45, 2.75) is 13.8 Å². The molecule has 4 heteroatoms. The third-order valence-corrected chi connectivity index (χ3v) is 3.83. The number of carboxylic acid groups (broad SMARTS) is 1. The van der Waals surface area contributed by atoms with Gasteiger partial charge in [-0.2, -0.15) is 0 Å². The molecule has 0 unspecified atom stereocenters. The lowest BCUT2D eigenvalue weighted by atomic mass is 10.0. The van der Waals surface area contributed by atoms with E-state index in [1.54, 1.807) is 18.2 Å². The van der Waals surface area contributed by atoms with Crippen LogP contribution in [0.3, 0.4) is 0 Å². The average Bonchev–Trinajstić information content (AvgIpc) is 2.51. The van der Waals surface area contributed by atoms with Gasteiger partial charge in [-0.15, -0.1) is 0 Å². The van der Waals surface area contributed by atoms with Gasteiger partial charge in [-0.1, -0.05) is 18.2 Å². The monoisotopic (exact) mass is 294 g/mol.